The Hall–Kier alpha value is -1.46. The predicted octanol–water partition coefficient (Wildman–Crippen LogP) is 3.62. The molecular weight excluding hydrogens is 318 g/mol. The van der Waals surface area contributed by atoms with Gasteiger partial charge in [0.2, 0.25) is 0 Å². The van der Waals surface area contributed by atoms with E-state index < -0.39 is 0 Å². The second-order valence-corrected chi connectivity index (χ2v) is 5.64. The predicted molar refractivity (Wildman–Crippen MR) is 83.0 cm³/mol. The topological polar surface area (TPSA) is 61.0 Å². The van der Waals surface area contributed by atoms with Crippen LogP contribution in [0.3, 0.4) is 0 Å². The number of aryl methyl sites for hydroxylation is 1. The number of nitrogens with zero attached hydrogens (tertiary/aromatic N) is 2. The molecule has 0 aliphatic heterocycles. The van der Waals surface area contributed by atoms with Crippen LogP contribution in [0.4, 0.5) is 0 Å². The van der Waals surface area contributed by atoms with Gasteiger partial charge < -0.3 is 10.5 Å². The Morgan fingerprint density at radius 1 is 1.30 bits per heavy atom. The standard InChI is InChI=1S/C15H18BrN3O/c1-3-12(17)7-11-8-18-15(19-9-11)20-14-5-4-10(2)6-13(14)16/h4-6,8-9,12H,3,7,17H2,1-2H3. The number of aromatic nitrogens is 2. The maximum atomic E-state index is 5.91. The molecule has 106 valence electrons. The second kappa shape index (κ2) is 6.81. The van der Waals surface area contributed by atoms with Crippen LogP contribution in [0.25, 0.3) is 0 Å². The normalized spacial score (nSPS) is 12.2. The molecule has 2 aromatic rings. The van der Waals surface area contributed by atoms with Crippen LogP contribution >= 0.6 is 15.9 Å². The van der Waals surface area contributed by atoms with Crippen LogP contribution in [0.1, 0.15) is 24.5 Å². The van der Waals surface area contributed by atoms with E-state index >= 15 is 0 Å². The maximum Gasteiger partial charge on any atom is 0.321 e. The summed E-state index contributed by atoms with van der Waals surface area (Å²) in [5.74, 6) is 0.702. The van der Waals surface area contributed by atoms with Crippen molar-refractivity contribution in [3.63, 3.8) is 0 Å². The molecule has 0 amide bonds. The third kappa shape index (κ3) is 4.02. The second-order valence-electron chi connectivity index (χ2n) is 4.78. The third-order valence-electron chi connectivity index (χ3n) is 2.99. The summed E-state index contributed by atoms with van der Waals surface area (Å²) in [6.07, 6.45) is 5.25. The number of rotatable bonds is 5. The highest BCUT2D eigenvalue weighted by atomic mass is 79.9. The van der Waals surface area contributed by atoms with E-state index in [2.05, 4.69) is 32.8 Å². The van der Waals surface area contributed by atoms with E-state index in [1.165, 1.54) is 0 Å². The van der Waals surface area contributed by atoms with Gasteiger partial charge in [-0.05, 0) is 59.0 Å². The van der Waals surface area contributed by atoms with Crippen molar-refractivity contribution in [3.05, 3.63) is 46.2 Å². The molecule has 20 heavy (non-hydrogen) atoms. The highest BCUT2D eigenvalue weighted by molar-refractivity contribution is 9.10. The molecule has 1 aromatic carbocycles. The molecule has 5 heteroatoms. The first-order valence-corrected chi connectivity index (χ1v) is 7.38. The minimum absolute atomic E-state index is 0.150. The van der Waals surface area contributed by atoms with Gasteiger partial charge in [0.15, 0.2) is 0 Å². The average molecular weight is 336 g/mol. The van der Waals surface area contributed by atoms with Crippen molar-refractivity contribution in [2.45, 2.75) is 32.7 Å². The van der Waals surface area contributed by atoms with Gasteiger partial charge in [-0.25, -0.2) is 9.97 Å². The molecule has 0 fully saturated rings. The Morgan fingerprint density at radius 3 is 2.60 bits per heavy atom. The first-order valence-electron chi connectivity index (χ1n) is 6.59. The van der Waals surface area contributed by atoms with Crippen molar-refractivity contribution in [2.75, 3.05) is 0 Å². The molecule has 0 radical (unpaired) electrons. The van der Waals surface area contributed by atoms with E-state index in [0.717, 1.165) is 28.4 Å². The number of halogens is 1. The van der Waals surface area contributed by atoms with Gasteiger partial charge in [-0.3, -0.25) is 0 Å². The van der Waals surface area contributed by atoms with Gasteiger partial charge in [0.25, 0.3) is 0 Å². The SMILES string of the molecule is CCC(N)Cc1cnc(Oc2ccc(C)cc2Br)nc1. The average Bonchev–Trinajstić information content (AvgIpc) is 2.44. The van der Waals surface area contributed by atoms with E-state index in [0.29, 0.717) is 11.8 Å². The monoisotopic (exact) mass is 335 g/mol. The number of hydrogen-bond acceptors (Lipinski definition) is 4. The fourth-order valence-corrected chi connectivity index (χ4v) is 2.31. The zero-order chi connectivity index (χ0) is 14.5. The fourth-order valence-electron chi connectivity index (χ4n) is 1.74. The minimum atomic E-state index is 0.150. The molecule has 4 nitrogen and oxygen atoms in total. The Kier molecular flexibility index (Phi) is 5.09. The lowest BCUT2D eigenvalue weighted by Crippen LogP contribution is -2.21. The highest BCUT2D eigenvalue weighted by Gasteiger charge is 2.06. The quantitative estimate of drug-likeness (QED) is 0.906. The molecule has 1 atom stereocenters. The van der Waals surface area contributed by atoms with Crippen LogP contribution in [0.5, 0.6) is 11.8 Å². The van der Waals surface area contributed by atoms with Crippen molar-refractivity contribution in [3.8, 4) is 11.8 Å². The maximum absolute atomic E-state index is 5.91. The summed E-state index contributed by atoms with van der Waals surface area (Å²) in [6.45, 7) is 4.09. The lowest BCUT2D eigenvalue weighted by Gasteiger charge is -2.09. The first-order chi connectivity index (χ1) is 9.58. The molecule has 2 N–H and O–H groups in total. The van der Waals surface area contributed by atoms with Gasteiger partial charge in [0.05, 0.1) is 4.47 Å². The van der Waals surface area contributed by atoms with E-state index in [1.807, 2.05) is 25.1 Å². The summed E-state index contributed by atoms with van der Waals surface area (Å²) in [5, 5.41) is 0. The van der Waals surface area contributed by atoms with Crippen LogP contribution in [-0.4, -0.2) is 16.0 Å². The summed E-state index contributed by atoms with van der Waals surface area (Å²) in [4.78, 5) is 8.43. The summed E-state index contributed by atoms with van der Waals surface area (Å²) >= 11 is 3.46. The smallest absolute Gasteiger partial charge is 0.321 e. The van der Waals surface area contributed by atoms with Gasteiger partial charge in [-0.1, -0.05) is 13.0 Å². The van der Waals surface area contributed by atoms with E-state index in [-0.39, 0.29) is 6.04 Å². The molecule has 0 spiro atoms. The minimum Gasteiger partial charge on any atom is -0.423 e. The first kappa shape index (κ1) is 14.9. The summed E-state index contributed by atoms with van der Waals surface area (Å²) in [7, 11) is 0. The Labute approximate surface area is 127 Å². The Balaban J connectivity index is 2.07. The van der Waals surface area contributed by atoms with E-state index in [9.17, 15) is 0 Å². The van der Waals surface area contributed by atoms with Crippen LogP contribution in [0.15, 0.2) is 35.1 Å². The fraction of sp³-hybridized carbons (Fsp3) is 0.333. The van der Waals surface area contributed by atoms with Crippen molar-refractivity contribution in [1.82, 2.24) is 9.97 Å². The summed E-state index contributed by atoms with van der Waals surface area (Å²) < 4.78 is 6.54. The molecular formula is C15H18BrN3O. The molecule has 2 rings (SSSR count). The van der Waals surface area contributed by atoms with Crippen molar-refractivity contribution in [2.24, 2.45) is 5.73 Å². The van der Waals surface area contributed by atoms with Crippen LogP contribution in [0, 0.1) is 6.92 Å². The zero-order valence-electron chi connectivity index (χ0n) is 11.6. The van der Waals surface area contributed by atoms with Crippen molar-refractivity contribution < 1.29 is 4.74 Å². The molecule has 0 saturated heterocycles. The molecule has 0 aliphatic carbocycles. The molecule has 1 unspecified atom stereocenters. The molecule has 0 saturated carbocycles. The van der Waals surface area contributed by atoms with Crippen LogP contribution < -0.4 is 10.5 Å². The number of nitrogens with two attached hydrogens (primary N) is 1. The van der Waals surface area contributed by atoms with Crippen LogP contribution in [0.2, 0.25) is 0 Å². The molecule has 0 bridgehead atoms. The Bertz CT molecular complexity index is 572. The van der Waals surface area contributed by atoms with Crippen LogP contribution in [-0.2, 0) is 6.42 Å². The highest BCUT2D eigenvalue weighted by Crippen LogP contribution is 2.28. The Morgan fingerprint density at radius 2 is 2.00 bits per heavy atom. The van der Waals surface area contributed by atoms with Gasteiger partial charge in [-0.2, -0.15) is 0 Å². The third-order valence-corrected chi connectivity index (χ3v) is 3.61. The van der Waals surface area contributed by atoms with Gasteiger partial charge in [-0.15, -0.1) is 0 Å². The van der Waals surface area contributed by atoms with Gasteiger partial charge >= 0.3 is 6.01 Å². The number of ether oxygens (including phenoxy) is 1. The number of hydrogen-bond donors (Lipinski definition) is 1. The van der Waals surface area contributed by atoms with E-state index in [4.69, 9.17) is 10.5 Å². The molecule has 1 aromatic heterocycles. The lowest BCUT2D eigenvalue weighted by molar-refractivity contribution is 0.438. The van der Waals surface area contributed by atoms with Gasteiger partial charge in [0.1, 0.15) is 5.75 Å². The zero-order valence-corrected chi connectivity index (χ0v) is 13.2. The summed E-state index contributed by atoms with van der Waals surface area (Å²) in [6, 6.07) is 6.35. The number of benzene rings is 1. The molecule has 0 aliphatic rings. The van der Waals surface area contributed by atoms with Crippen molar-refractivity contribution >= 4 is 15.9 Å². The van der Waals surface area contributed by atoms with E-state index in [1.54, 1.807) is 12.4 Å². The molecule has 1 heterocycles. The van der Waals surface area contributed by atoms with Gasteiger partial charge in [0, 0.05) is 18.4 Å². The van der Waals surface area contributed by atoms with Crippen molar-refractivity contribution in [1.29, 1.82) is 0 Å². The summed E-state index contributed by atoms with van der Waals surface area (Å²) in [5.41, 5.74) is 8.09. The largest absolute Gasteiger partial charge is 0.423 e. The lowest BCUT2D eigenvalue weighted by atomic mass is 10.1.